The van der Waals surface area contributed by atoms with Crippen LogP contribution in [0.2, 0.25) is 0 Å². The van der Waals surface area contributed by atoms with Gasteiger partial charge in [-0.1, -0.05) is 26.3 Å². The lowest BCUT2D eigenvalue weighted by Gasteiger charge is -2.32. The summed E-state index contributed by atoms with van der Waals surface area (Å²) < 4.78 is 5.79. The normalized spacial score (nSPS) is 20.6. The van der Waals surface area contributed by atoms with Crippen LogP contribution in [0.3, 0.4) is 0 Å². The molecule has 1 aromatic rings. The highest BCUT2D eigenvalue weighted by Crippen LogP contribution is 2.36. The zero-order valence-corrected chi connectivity index (χ0v) is 13.1. The summed E-state index contributed by atoms with van der Waals surface area (Å²) in [4.78, 5) is 4.65. The first kappa shape index (κ1) is 15.5. The Hall–Kier alpha value is -0.930. The topological polar surface area (TPSA) is 34.1 Å². The lowest BCUT2D eigenvalue weighted by molar-refractivity contribution is 0.0513. The van der Waals surface area contributed by atoms with Crippen LogP contribution >= 0.6 is 0 Å². The molecule has 112 valence electrons. The van der Waals surface area contributed by atoms with E-state index in [9.17, 15) is 0 Å². The van der Waals surface area contributed by atoms with Gasteiger partial charge in [0.25, 0.3) is 0 Å². The molecular weight excluding hydrogens is 248 g/mol. The van der Waals surface area contributed by atoms with E-state index in [1.54, 1.807) is 0 Å². The van der Waals surface area contributed by atoms with Gasteiger partial charge in [0.05, 0.1) is 6.10 Å². The lowest BCUT2D eigenvalue weighted by Crippen LogP contribution is -2.45. The number of nitrogens with one attached hydrogen (secondary N) is 1. The van der Waals surface area contributed by atoms with Crippen molar-refractivity contribution >= 4 is 0 Å². The molecule has 0 fully saturated rings. The van der Waals surface area contributed by atoms with Gasteiger partial charge in [-0.2, -0.15) is 0 Å². The number of hydrogen-bond acceptors (Lipinski definition) is 3. The van der Waals surface area contributed by atoms with Crippen LogP contribution in [-0.2, 0) is 11.2 Å². The fourth-order valence-corrected chi connectivity index (χ4v) is 3.37. The van der Waals surface area contributed by atoms with E-state index in [2.05, 4.69) is 36.3 Å². The van der Waals surface area contributed by atoms with E-state index < -0.39 is 0 Å². The molecule has 3 nitrogen and oxygen atoms in total. The molecule has 1 N–H and O–H groups in total. The van der Waals surface area contributed by atoms with Crippen molar-refractivity contribution < 1.29 is 4.74 Å². The molecule has 0 saturated heterocycles. The largest absolute Gasteiger partial charge is 0.380 e. The minimum absolute atomic E-state index is 0.282. The van der Waals surface area contributed by atoms with Crippen LogP contribution in [-0.4, -0.2) is 30.8 Å². The highest BCUT2D eigenvalue weighted by molar-refractivity contribution is 5.30. The molecule has 20 heavy (non-hydrogen) atoms. The van der Waals surface area contributed by atoms with Crippen LogP contribution in [0, 0.1) is 0 Å². The van der Waals surface area contributed by atoms with E-state index in [0.29, 0.717) is 12.0 Å². The van der Waals surface area contributed by atoms with Crippen molar-refractivity contribution in [1.29, 1.82) is 0 Å². The van der Waals surface area contributed by atoms with Crippen LogP contribution in [0.5, 0.6) is 0 Å². The van der Waals surface area contributed by atoms with Crippen molar-refractivity contribution in [3.8, 4) is 0 Å². The van der Waals surface area contributed by atoms with Crippen molar-refractivity contribution in [3.05, 3.63) is 29.6 Å². The average molecular weight is 276 g/mol. The van der Waals surface area contributed by atoms with Gasteiger partial charge < -0.3 is 10.1 Å². The number of ether oxygens (including phenoxy) is 1. The molecule has 0 spiro atoms. The Morgan fingerprint density at radius 3 is 2.95 bits per heavy atom. The van der Waals surface area contributed by atoms with E-state index in [-0.39, 0.29) is 6.10 Å². The highest BCUT2D eigenvalue weighted by atomic mass is 16.5. The van der Waals surface area contributed by atoms with Crippen molar-refractivity contribution in [2.45, 2.75) is 64.0 Å². The molecule has 0 bridgehead atoms. The summed E-state index contributed by atoms with van der Waals surface area (Å²) in [5, 5.41) is 3.72. The van der Waals surface area contributed by atoms with Crippen molar-refractivity contribution in [3.63, 3.8) is 0 Å². The third kappa shape index (κ3) is 3.39. The molecule has 0 amide bonds. The van der Waals surface area contributed by atoms with Crippen LogP contribution in [0.4, 0.5) is 0 Å². The van der Waals surface area contributed by atoms with Crippen molar-refractivity contribution in [1.82, 2.24) is 10.3 Å². The number of hydrogen-bond donors (Lipinski definition) is 1. The van der Waals surface area contributed by atoms with E-state index in [1.165, 1.54) is 17.7 Å². The van der Waals surface area contributed by atoms with Gasteiger partial charge in [0, 0.05) is 31.0 Å². The second-order valence-electron chi connectivity index (χ2n) is 5.74. The number of aryl methyl sites for hydroxylation is 1. The smallest absolute Gasteiger partial charge is 0.0730 e. The van der Waals surface area contributed by atoms with Gasteiger partial charge in [0.15, 0.2) is 0 Å². The Bertz CT molecular complexity index is 408. The predicted molar refractivity (Wildman–Crippen MR) is 83.1 cm³/mol. The molecule has 3 atom stereocenters. The first-order chi connectivity index (χ1) is 9.81. The Balaban J connectivity index is 2.18. The van der Waals surface area contributed by atoms with Gasteiger partial charge in [-0.3, -0.25) is 4.98 Å². The van der Waals surface area contributed by atoms with Crippen LogP contribution in [0.15, 0.2) is 18.3 Å². The van der Waals surface area contributed by atoms with Gasteiger partial charge in [0.1, 0.15) is 0 Å². The third-order valence-corrected chi connectivity index (χ3v) is 4.34. The maximum absolute atomic E-state index is 5.79. The summed E-state index contributed by atoms with van der Waals surface area (Å²) in [5.74, 6) is 0.495. The summed E-state index contributed by atoms with van der Waals surface area (Å²) >= 11 is 0. The van der Waals surface area contributed by atoms with Gasteiger partial charge in [-0.15, -0.1) is 0 Å². The summed E-state index contributed by atoms with van der Waals surface area (Å²) in [5.41, 5.74) is 2.71. The Morgan fingerprint density at radius 2 is 2.25 bits per heavy atom. The van der Waals surface area contributed by atoms with Gasteiger partial charge in [0.2, 0.25) is 0 Å². The number of pyridine rings is 1. The standard InChI is InChI=1S/C17H28N2O/c1-4-7-15(20-3)17(18-11-5-2)14-10-9-13-8-6-12-19-16(13)14/h6,8,12,14-15,17-18H,4-5,7,9-11H2,1-3H3. The summed E-state index contributed by atoms with van der Waals surface area (Å²) in [6.45, 7) is 5.49. The van der Waals surface area contributed by atoms with Gasteiger partial charge in [-0.25, -0.2) is 0 Å². The molecule has 1 aliphatic rings. The van der Waals surface area contributed by atoms with E-state index in [0.717, 1.165) is 32.2 Å². The Morgan fingerprint density at radius 1 is 1.40 bits per heavy atom. The molecule has 3 unspecified atom stereocenters. The maximum atomic E-state index is 5.79. The van der Waals surface area contributed by atoms with Crippen molar-refractivity contribution in [2.24, 2.45) is 0 Å². The number of rotatable bonds is 8. The van der Waals surface area contributed by atoms with Gasteiger partial charge >= 0.3 is 0 Å². The van der Waals surface area contributed by atoms with E-state index >= 15 is 0 Å². The Kier molecular flexibility index (Phi) is 5.99. The molecule has 1 aliphatic carbocycles. The average Bonchev–Trinajstić information content (AvgIpc) is 2.90. The van der Waals surface area contributed by atoms with Crippen molar-refractivity contribution in [2.75, 3.05) is 13.7 Å². The zero-order chi connectivity index (χ0) is 14.4. The second kappa shape index (κ2) is 7.75. The maximum Gasteiger partial charge on any atom is 0.0730 e. The minimum atomic E-state index is 0.282. The monoisotopic (exact) mass is 276 g/mol. The molecule has 2 rings (SSSR count). The van der Waals surface area contributed by atoms with Crippen LogP contribution in [0.25, 0.3) is 0 Å². The predicted octanol–water partition coefficient (Wildman–Crippen LogP) is 3.29. The summed E-state index contributed by atoms with van der Waals surface area (Å²) in [6, 6.07) is 4.66. The Labute approximate surface area is 123 Å². The van der Waals surface area contributed by atoms with E-state index in [4.69, 9.17) is 4.74 Å². The number of fused-ring (bicyclic) bond motifs is 1. The molecule has 0 aromatic carbocycles. The second-order valence-corrected chi connectivity index (χ2v) is 5.74. The molecule has 0 aliphatic heterocycles. The molecule has 0 saturated carbocycles. The molecular formula is C17H28N2O. The quantitative estimate of drug-likeness (QED) is 0.791. The molecule has 3 heteroatoms. The number of aromatic nitrogens is 1. The fraction of sp³-hybridized carbons (Fsp3) is 0.706. The third-order valence-electron chi connectivity index (χ3n) is 4.34. The minimum Gasteiger partial charge on any atom is -0.380 e. The zero-order valence-electron chi connectivity index (χ0n) is 13.1. The number of nitrogens with zero attached hydrogens (tertiary/aromatic N) is 1. The van der Waals surface area contributed by atoms with Crippen LogP contribution in [0.1, 0.15) is 56.7 Å². The number of methoxy groups -OCH3 is 1. The van der Waals surface area contributed by atoms with E-state index in [1.807, 2.05) is 13.3 Å². The highest BCUT2D eigenvalue weighted by Gasteiger charge is 2.35. The first-order valence-corrected chi connectivity index (χ1v) is 8.01. The molecule has 1 heterocycles. The fourth-order valence-electron chi connectivity index (χ4n) is 3.37. The summed E-state index contributed by atoms with van der Waals surface area (Å²) in [6.07, 6.45) is 7.97. The summed E-state index contributed by atoms with van der Waals surface area (Å²) in [7, 11) is 1.84. The first-order valence-electron chi connectivity index (χ1n) is 8.01. The SMILES string of the molecule is CCCNC(C(CCC)OC)C1CCc2cccnc21. The molecule has 0 radical (unpaired) electrons. The molecule has 1 aromatic heterocycles. The van der Waals surface area contributed by atoms with Gasteiger partial charge in [-0.05, 0) is 43.9 Å². The van der Waals surface area contributed by atoms with Crippen LogP contribution < -0.4 is 5.32 Å². The lowest BCUT2D eigenvalue weighted by atomic mass is 9.90.